The van der Waals surface area contributed by atoms with E-state index in [1.54, 1.807) is 4.90 Å². The standard InChI is InChI=1S/C29H45ClN4O4/c1-20(2)25(31-24(35)18-32-14-16-33(17-15-32)27(37)38-28(3,4)5)26(36)34-13-12-23(29(6,7)19-34)21-8-10-22(30)11-9-21/h8-11,20,23,25H,12-19H2,1-7H3,(H,31,35)/t23?,25-/m1/s1. The first kappa shape index (κ1) is 30.2. The zero-order valence-corrected chi connectivity index (χ0v) is 24.8. The number of amides is 3. The summed E-state index contributed by atoms with van der Waals surface area (Å²) < 4.78 is 5.45. The largest absolute Gasteiger partial charge is 0.444 e. The smallest absolute Gasteiger partial charge is 0.410 e. The molecule has 0 aromatic heterocycles. The van der Waals surface area contributed by atoms with E-state index in [1.165, 1.54) is 5.56 Å². The number of carbonyl (C=O) groups is 3. The highest BCUT2D eigenvalue weighted by Gasteiger charge is 2.40. The molecule has 2 aliphatic rings. The average molecular weight is 549 g/mol. The molecule has 38 heavy (non-hydrogen) atoms. The second-order valence-electron chi connectivity index (χ2n) is 12.7. The van der Waals surface area contributed by atoms with Crippen LogP contribution in [0.15, 0.2) is 24.3 Å². The van der Waals surface area contributed by atoms with Crippen molar-refractivity contribution in [3.63, 3.8) is 0 Å². The number of nitrogens with zero attached hydrogens (tertiary/aromatic N) is 3. The molecule has 1 N–H and O–H groups in total. The maximum atomic E-state index is 13.6. The molecule has 3 amide bonds. The molecule has 2 fully saturated rings. The van der Waals surface area contributed by atoms with Gasteiger partial charge in [-0.3, -0.25) is 14.5 Å². The number of benzene rings is 1. The number of carbonyl (C=O) groups excluding carboxylic acids is 3. The second-order valence-corrected chi connectivity index (χ2v) is 13.1. The van der Waals surface area contributed by atoms with E-state index in [4.69, 9.17) is 16.3 Å². The van der Waals surface area contributed by atoms with Gasteiger partial charge in [0.05, 0.1) is 6.54 Å². The van der Waals surface area contributed by atoms with E-state index in [-0.39, 0.29) is 35.8 Å². The van der Waals surface area contributed by atoms with Gasteiger partial charge in [0.2, 0.25) is 11.8 Å². The van der Waals surface area contributed by atoms with Crippen molar-refractivity contribution in [3.8, 4) is 0 Å². The molecular formula is C29H45ClN4O4. The van der Waals surface area contributed by atoms with Crippen molar-refractivity contribution >= 4 is 29.5 Å². The first-order valence-corrected chi connectivity index (χ1v) is 14.1. The summed E-state index contributed by atoms with van der Waals surface area (Å²) in [6, 6.07) is 7.43. The molecule has 2 saturated heterocycles. The molecule has 212 valence electrons. The first-order chi connectivity index (χ1) is 17.7. The van der Waals surface area contributed by atoms with Crippen LogP contribution >= 0.6 is 11.6 Å². The van der Waals surface area contributed by atoms with Gasteiger partial charge in [-0.05, 0) is 62.1 Å². The summed E-state index contributed by atoms with van der Waals surface area (Å²) in [7, 11) is 0. The van der Waals surface area contributed by atoms with E-state index in [0.717, 1.165) is 11.4 Å². The van der Waals surface area contributed by atoms with Crippen LogP contribution in [0.25, 0.3) is 0 Å². The Bertz CT molecular complexity index is 981. The van der Waals surface area contributed by atoms with Crippen molar-refractivity contribution in [2.24, 2.45) is 11.3 Å². The third-order valence-corrected chi connectivity index (χ3v) is 7.71. The highest BCUT2D eigenvalue weighted by molar-refractivity contribution is 6.30. The molecule has 0 aliphatic carbocycles. The van der Waals surface area contributed by atoms with Gasteiger partial charge >= 0.3 is 6.09 Å². The van der Waals surface area contributed by atoms with Crippen LogP contribution in [0.3, 0.4) is 0 Å². The van der Waals surface area contributed by atoms with Crippen LogP contribution in [-0.2, 0) is 14.3 Å². The fourth-order valence-corrected chi connectivity index (χ4v) is 5.53. The third kappa shape index (κ3) is 8.09. The first-order valence-electron chi connectivity index (χ1n) is 13.7. The molecule has 2 aliphatic heterocycles. The van der Waals surface area contributed by atoms with Crippen LogP contribution in [0.1, 0.15) is 66.4 Å². The molecule has 0 saturated carbocycles. The number of hydrogen-bond donors (Lipinski definition) is 1. The predicted octanol–water partition coefficient (Wildman–Crippen LogP) is 4.38. The highest BCUT2D eigenvalue weighted by Crippen LogP contribution is 2.42. The van der Waals surface area contributed by atoms with Crippen molar-refractivity contribution in [1.29, 1.82) is 0 Å². The molecule has 0 radical (unpaired) electrons. The van der Waals surface area contributed by atoms with Crippen LogP contribution in [0.5, 0.6) is 0 Å². The SMILES string of the molecule is CC(C)[C@@H](NC(=O)CN1CCN(C(=O)OC(C)(C)C)CC1)C(=O)N1CCC(c2ccc(Cl)cc2)C(C)(C)C1. The fourth-order valence-electron chi connectivity index (χ4n) is 5.41. The quantitative estimate of drug-likeness (QED) is 0.570. The van der Waals surface area contributed by atoms with E-state index in [0.29, 0.717) is 45.2 Å². The van der Waals surface area contributed by atoms with Gasteiger partial charge in [-0.1, -0.05) is 51.4 Å². The molecule has 2 atom stereocenters. The molecule has 9 heteroatoms. The summed E-state index contributed by atoms with van der Waals surface area (Å²) in [5.41, 5.74) is 0.598. The van der Waals surface area contributed by atoms with Gasteiger partial charge in [0.1, 0.15) is 11.6 Å². The topological polar surface area (TPSA) is 82.2 Å². The van der Waals surface area contributed by atoms with E-state index in [9.17, 15) is 14.4 Å². The predicted molar refractivity (Wildman–Crippen MR) is 150 cm³/mol. The fraction of sp³-hybridized carbons (Fsp3) is 0.690. The Kier molecular flexibility index (Phi) is 9.74. The molecule has 3 rings (SSSR count). The number of halogens is 1. The molecule has 1 unspecified atom stereocenters. The molecule has 2 heterocycles. The third-order valence-electron chi connectivity index (χ3n) is 7.45. The van der Waals surface area contributed by atoms with Crippen LogP contribution < -0.4 is 5.32 Å². The highest BCUT2D eigenvalue weighted by atomic mass is 35.5. The van der Waals surface area contributed by atoms with Crippen LogP contribution in [-0.4, -0.2) is 90.1 Å². The molecule has 0 bridgehead atoms. The van der Waals surface area contributed by atoms with Crippen molar-refractivity contribution < 1.29 is 19.1 Å². The Morgan fingerprint density at radius 1 is 1.03 bits per heavy atom. The number of piperidine rings is 1. The Hall–Kier alpha value is -2.32. The van der Waals surface area contributed by atoms with E-state index < -0.39 is 11.6 Å². The van der Waals surface area contributed by atoms with Gasteiger partial charge in [0.25, 0.3) is 0 Å². The van der Waals surface area contributed by atoms with E-state index in [1.807, 2.05) is 56.6 Å². The minimum atomic E-state index is -0.576. The molecule has 1 aromatic rings. The lowest BCUT2D eigenvalue weighted by atomic mass is 9.70. The summed E-state index contributed by atoms with van der Waals surface area (Å²) in [5, 5.41) is 3.73. The summed E-state index contributed by atoms with van der Waals surface area (Å²) in [4.78, 5) is 44.5. The number of rotatable bonds is 6. The lowest BCUT2D eigenvalue weighted by Crippen LogP contribution is -2.57. The number of piperazine rings is 1. The van der Waals surface area contributed by atoms with Crippen molar-refractivity contribution in [1.82, 2.24) is 20.0 Å². The molecule has 8 nitrogen and oxygen atoms in total. The van der Waals surface area contributed by atoms with Gasteiger partial charge < -0.3 is 19.9 Å². The van der Waals surface area contributed by atoms with Crippen LogP contribution in [0, 0.1) is 11.3 Å². The minimum Gasteiger partial charge on any atom is -0.444 e. The molecular weight excluding hydrogens is 504 g/mol. The monoisotopic (exact) mass is 548 g/mol. The number of hydrogen-bond acceptors (Lipinski definition) is 5. The van der Waals surface area contributed by atoms with Gasteiger partial charge in [-0.2, -0.15) is 0 Å². The van der Waals surface area contributed by atoms with Gasteiger partial charge in [-0.15, -0.1) is 0 Å². The van der Waals surface area contributed by atoms with Crippen molar-refractivity contribution in [3.05, 3.63) is 34.9 Å². The van der Waals surface area contributed by atoms with Gasteiger partial charge in [-0.25, -0.2) is 4.79 Å². The lowest BCUT2D eigenvalue weighted by Gasteiger charge is -2.46. The summed E-state index contributed by atoms with van der Waals surface area (Å²) in [6.07, 6.45) is 0.538. The maximum absolute atomic E-state index is 13.6. The minimum absolute atomic E-state index is 0.0225. The van der Waals surface area contributed by atoms with E-state index >= 15 is 0 Å². The Labute approximate surface area is 233 Å². The number of nitrogens with one attached hydrogen (secondary N) is 1. The van der Waals surface area contributed by atoms with Gasteiger partial charge in [0.15, 0.2) is 0 Å². The zero-order chi connectivity index (χ0) is 28.3. The Morgan fingerprint density at radius 3 is 2.16 bits per heavy atom. The van der Waals surface area contributed by atoms with Crippen LogP contribution in [0.4, 0.5) is 4.79 Å². The van der Waals surface area contributed by atoms with Crippen molar-refractivity contribution in [2.75, 3.05) is 45.8 Å². The van der Waals surface area contributed by atoms with Crippen molar-refractivity contribution in [2.45, 2.75) is 72.4 Å². The normalized spacial score (nSPS) is 21.2. The Morgan fingerprint density at radius 2 is 1.63 bits per heavy atom. The average Bonchev–Trinajstić information content (AvgIpc) is 2.81. The zero-order valence-electron chi connectivity index (χ0n) is 24.1. The van der Waals surface area contributed by atoms with Crippen LogP contribution in [0.2, 0.25) is 5.02 Å². The van der Waals surface area contributed by atoms with Gasteiger partial charge in [0, 0.05) is 44.3 Å². The number of ether oxygens (including phenoxy) is 1. The molecule has 1 aromatic carbocycles. The molecule has 0 spiro atoms. The lowest BCUT2D eigenvalue weighted by molar-refractivity contribution is -0.141. The number of likely N-dealkylation sites (tertiary alicyclic amines) is 1. The summed E-state index contributed by atoms with van der Waals surface area (Å²) in [6.45, 7) is 17.5. The van der Waals surface area contributed by atoms with E-state index in [2.05, 4.69) is 31.3 Å². The maximum Gasteiger partial charge on any atom is 0.410 e. The Balaban J connectivity index is 1.53. The summed E-state index contributed by atoms with van der Waals surface area (Å²) in [5.74, 6) is 0.103. The summed E-state index contributed by atoms with van der Waals surface area (Å²) >= 11 is 6.08. The second kappa shape index (κ2) is 12.2.